The Labute approximate surface area is 158 Å². The SMILES string of the molecule is N#Cc1ccc(N2CCN(Cc3ccc(-c4cccs4)cc3)CC2)nc1. The normalized spacial score (nSPS) is 15.0. The molecular weight excluding hydrogens is 340 g/mol. The van der Waals surface area contributed by atoms with Crippen LogP contribution in [0.4, 0.5) is 5.82 Å². The van der Waals surface area contributed by atoms with Crippen molar-refractivity contribution in [2.75, 3.05) is 31.1 Å². The standard InChI is InChI=1S/C21H20N4S/c22-14-18-5-8-21(23-15-18)25-11-9-24(10-12-25)16-17-3-6-19(7-4-17)20-2-1-13-26-20/h1-8,13,15H,9-12,16H2. The zero-order valence-corrected chi connectivity index (χ0v) is 15.3. The second-order valence-corrected chi connectivity index (χ2v) is 7.40. The van der Waals surface area contributed by atoms with Gasteiger partial charge in [-0.3, -0.25) is 4.90 Å². The molecule has 1 aromatic carbocycles. The maximum Gasteiger partial charge on any atom is 0.128 e. The van der Waals surface area contributed by atoms with Crippen LogP contribution in [-0.4, -0.2) is 36.1 Å². The summed E-state index contributed by atoms with van der Waals surface area (Å²) < 4.78 is 0. The summed E-state index contributed by atoms with van der Waals surface area (Å²) >= 11 is 1.78. The molecule has 0 saturated carbocycles. The van der Waals surface area contributed by atoms with Crippen LogP contribution in [0, 0.1) is 11.3 Å². The minimum absolute atomic E-state index is 0.610. The van der Waals surface area contributed by atoms with Crippen molar-refractivity contribution in [2.45, 2.75) is 6.54 Å². The lowest BCUT2D eigenvalue weighted by atomic mass is 10.1. The number of piperazine rings is 1. The van der Waals surface area contributed by atoms with Crippen LogP contribution in [0.1, 0.15) is 11.1 Å². The predicted molar refractivity (Wildman–Crippen MR) is 106 cm³/mol. The number of hydrogen-bond donors (Lipinski definition) is 0. The quantitative estimate of drug-likeness (QED) is 0.705. The van der Waals surface area contributed by atoms with E-state index >= 15 is 0 Å². The molecule has 5 heteroatoms. The van der Waals surface area contributed by atoms with Crippen molar-refractivity contribution in [3.8, 4) is 16.5 Å². The van der Waals surface area contributed by atoms with Crippen molar-refractivity contribution in [2.24, 2.45) is 0 Å². The highest BCUT2D eigenvalue weighted by atomic mass is 32.1. The highest BCUT2D eigenvalue weighted by molar-refractivity contribution is 7.13. The average molecular weight is 360 g/mol. The van der Waals surface area contributed by atoms with Gasteiger partial charge in [0, 0.05) is 43.8 Å². The third kappa shape index (κ3) is 3.77. The van der Waals surface area contributed by atoms with Gasteiger partial charge in [0.15, 0.2) is 0 Å². The lowest BCUT2D eigenvalue weighted by Crippen LogP contribution is -2.46. The van der Waals surface area contributed by atoms with Gasteiger partial charge in [0.25, 0.3) is 0 Å². The largest absolute Gasteiger partial charge is 0.354 e. The summed E-state index contributed by atoms with van der Waals surface area (Å²) in [6, 6.07) is 19.1. The molecule has 26 heavy (non-hydrogen) atoms. The molecule has 0 spiro atoms. The summed E-state index contributed by atoms with van der Waals surface area (Å²) in [7, 11) is 0. The van der Waals surface area contributed by atoms with Crippen LogP contribution in [0.15, 0.2) is 60.1 Å². The van der Waals surface area contributed by atoms with E-state index in [-0.39, 0.29) is 0 Å². The molecule has 1 aliphatic heterocycles. The third-order valence-corrected chi connectivity index (χ3v) is 5.66. The van der Waals surface area contributed by atoms with Crippen molar-refractivity contribution in [1.82, 2.24) is 9.88 Å². The van der Waals surface area contributed by atoms with Crippen LogP contribution in [0.2, 0.25) is 0 Å². The van der Waals surface area contributed by atoms with Gasteiger partial charge >= 0.3 is 0 Å². The Morgan fingerprint density at radius 1 is 1.00 bits per heavy atom. The molecule has 0 N–H and O–H groups in total. The van der Waals surface area contributed by atoms with E-state index in [0.29, 0.717) is 5.56 Å². The van der Waals surface area contributed by atoms with Gasteiger partial charge in [-0.15, -0.1) is 11.3 Å². The fraction of sp³-hybridized carbons (Fsp3) is 0.238. The second kappa shape index (κ2) is 7.69. The summed E-state index contributed by atoms with van der Waals surface area (Å²) in [4.78, 5) is 10.5. The summed E-state index contributed by atoms with van der Waals surface area (Å²) in [5.74, 6) is 0.962. The first-order valence-electron chi connectivity index (χ1n) is 8.78. The number of thiophene rings is 1. The van der Waals surface area contributed by atoms with Crippen LogP contribution in [0.25, 0.3) is 10.4 Å². The Balaban J connectivity index is 1.33. The number of benzene rings is 1. The van der Waals surface area contributed by atoms with Crippen molar-refractivity contribution in [3.63, 3.8) is 0 Å². The molecule has 1 saturated heterocycles. The molecule has 0 unspecified atom stereocenters. The molecule has 3 aromatic rings. The van der Waals surface area contributed by atoms with Gasteiger partial charge in [-0.05, 0) is 34.7 Å². The molecule has 1 fully saturated rings. The fourth-order valence-electron chi connectivity index (χ4n) is 3.25. The minimum Gasteiger partial charge on any atom is -0.354 e. The van der Waals surface area contributed by atoms with Crippen molar-refractivity contribution in [3.05, 3.63) is 71.2 Å². The summed E-state index contributed by atoms with van der Waals surface area (Å²) in [6.07, 6.45) is 1.65. The smallest absolute Gasteiger partial charge is 0.128 e. The number of nitriles is 1. The number of hydrogen-bond acceptors (Lipinski definition) is 5. The number of aromatic nitrogens is 1. The molecule has 3 heterocycles. The van der Waals surface area contributed by atoms with E-state index in [1.807, 2.05) is 12.1 Å². The van der Waals surface area contributed by atoms with E-state index in [2.05, 4.69) is 62.6 Å². The predicted octanol–water partition coefficient (Wildman–Crippen LogP) is 4.00. The fourth-order valence-corrected chi connectivity index (χ4v) is 3.98. The van der Waals surface area contributed by atoms with Gasteiger partial charge < -0.3 is 4.90 Å². The Bertz CT molecular complexity index is 871. The lowest BCUT2D eigenvalue weighted by molar-refractivity contribution is 0.249. The zero-order chi connectivity index (χ0) is 17.8. The van der Waals surface area contributed by atoms with Crippen molar-refractivity contribution >= 4 is 17.2 Å². The molecular formula is C21H20N4S. The number of rotatable bonds is 4. The van der Waals surface area contributed by atoms with Crippen molar-refractivity contribution in [1.29, 1.82) is 5.26 Å². The molecule has 0 bridgehead atoms. The van der Waals surface area contributed by atoms with E-state index < -0.39 is 0 Å². The lowest BCUT2D eigenvalue weighted by Gasteiger charge is -2.35. The zero-order valence-electron chi connectivity index (χ0n) is 14.5. The number of nitrogens with zero attached hydrogens (tertiary/aromatic N) is 4. The van der Waals surface area contributed by atoms with Crippen LogP contribution in [0.3, 0.4) is 0 Å². The monoisotopic (exact) mass is 360 g/mol. The van der Waals surface area contributed by atoms with Crippen LogP contribution in [0.5, 0.6) is 0 Å². The molecule has 0 aliphatic carbocycles. The van der Waals surface area contributed by atoms with Gasteiger partial charge in [-0.25, -0.2) is 4.98 Å². The molecule has 4 rings (SSSR count). The van der Waals surface area contributed by atoms with Gasteiger partial charge in [-0.2, -0.15) is 5.26 Å². The molecule has 1 aliphatic rings. The van der Waals surface area contributed by atoms with E-state index in [9.17, 15) is 0 Å². The molecule has 2 aromatic heterocycles. The van der Waals surface area contributed by atoms with E-state index in [4.69, 9.17) is 5.26 Å². The van der Waals surface area contributed by atoms with Crippen molar-refractivity contribution < 1.29 is 0 Å². The van der Waals surface area contributed by atoms with Crippen LogP contribution in [-0.2, 0) is 6.54 Å². The average Bonchev–Trinajstić information content (AvgIpc) is 3.24. The van der Waals surface area contributed by atoms with Gasteiger partial charge in [0.2, 0.25) is 0 Å². The maximum absolute atomic E-state index is 8.87. The molecule has 130 valence electrons. The van der Waals surface area contributed by atoms with Gasteiger partial charge in [0.1, 0.15) is 11.9 Å². The first-order chi connectivity index (χ1) is 12.8. The summed E-state index contributed by atoms with van der Waals surface area (Å²) in [5, 5.41) is 11.0. The second-order valence-electron chi connectivity index (χ2n) is 6.45. The topological polar surface area (TPSA) is 43.2 Å². The molecule has 0 atom stereocenters. The Morgan fingerprint density at radius 2 is 1.81 bits per heavy atom. The van der Waals surface area contributed by atoms with Crippen LogP contribution >= 0.6 is 11.3 Å². The first kappa shape index (κ1) is 16.8. The minimum atomic E-state index is 0.610. The Hall–Kier alpha value is -2.68. The summed E-state index contributed by atoms with van der Waals surface area (Å²) in [5.41, 5.74) is 3.26. The summed E-state index contributed by atoms with van der Waals surface area (Å²) in [6.45, 7) is 4.96. The van der Waals surface area contributed by atoms with Gasteiger partial charge in [0.05, 0.1) is 5.56 Å². The molecule has 0 amide bonds. The first-order valence-corrected chi connectivity index (χ1v) is 9.66. The Morgan fingerprint density at radius 3 is 2.42 bits per heavy atom. The maximum atomic E-state index is 8.87. The number of pyridine rings is 1. The molecule has 0 radical (unpaired) electrons. The highest BCUT2D eigenvalue weighted by Crippen LogP contribution is 2.25. The van der Waals surface area contributed by atoms with E-state index in [1.54, 1.807) is 17.5 Å². The molecule has 4 nitrogen and oxygen atoms in total. The van der Waals surface area contributed by atoms with Gasteiger partial charge in [-0.1, -0.05) is 30.3 Å². The Kier molecular flexibility index (Phi) is 4.96. The van der Waals surface area contributed by atoms with E-state index in [0.717, 1.165) is 38.5 Å². The number of anilines is 1. The highest BCUT2D eigenvalue weighted by Gasteiger charge is 2.18. The van der Waals surface area contributed by atoms with E-state index in [1.165, 1.54) is 16.0 Å². The van der Waals surface area contributed by atoms with Crippen LogP contribution < -0.4 is 4.90 Å². The third-order valence-electron chi connectivity index (χ3n) is 4.74.